The van der Waals surface area contributed by atoms with Crippen LogP contribution in [0.2, 0.25) is 0 Å². The molecule has 1 aromatic rings. The summed E-state index contributed by atoms with van der Waals surface area (Å²) in [7, 11) is 0. The molecule has 84 valence electrons. The molecule has 1 aromatic carbocycles. The van der Waals surface area contributed by atoms with Crippen LogP contribution in [0.25, 0.3) is 0 Å². The van der Waals surface area contributed by atoms with E-state index >= 15 is 0 Å². The Labute approximate surface area is 108 Å². The van der Waals surface area contributed by atoms with Gasteiger partial charge in [0.2, 0.25) is 0 Å². The van der Waals surface area contributed by atoms with Crippen LogP contribution >= 0.6 is 22.6 Å². The van der Waals surface area contributed by atoms with E-state index in [4.69, 9.17) is 5.26 Å². The Hall–Kier alpha value is -0.830. The summed E-state index contributed by atoms with van der Waals surface area (Å²) in [4.78, 5) is 0. The molecule has 0 spiro atoms. The number of nitrogens with zero attached hydrogens (tertiary/aromatic N) is 1. The topological polar surface area (TPSA) is 35.8 Å². The molecule has 1 aliphatic rings. The fraction of sp³-hybridized carbons (Fsp3) is 0.417. The predicted octanol–water partition coefficient (Wildman–Crippen LogP) is 3.54. The van der Waals surface area contributed by atoms with Crippen molar-refractivity contribution in [2.24, 2.45) is 5.41 Å². The molecule has 0 bridgehead atoms. The van der Waals surface area contributed by atoms with Gasteiger partial charge in [-0.25, -0.2) is 4.39 Å². The molecule has 0 atom stereocenters. The first-order valence-corrected chi connectivity index (χ1v) is 6.29. The van der Waals surface area contributed by atoms with Gasteiger partial charge in [-0.15, -0.1) is 0 Å². The van der Waals surface area contributed by atoms with Crippen LogP contribution in [0, 0.1) is 26.1 Å². The number of halogens is 2. The number of benzene rings is 1. The van der Waals surface area contributed by atoms with Crippen molar-refractivity contribution < 1.29 is 4.39 Å². The molecule has 1 aliphatic carbocycles. The van der Waals surface area contributed by atoms with Crippen molar-refractivity contribution in [1.82, 2.24) is 0 Å². The molecule has 0 radical (unpaired) electrons. The van der Waals surface area contributed by atoms with Crippen LogP contribution in [0.5, 0.6) is 0 Å². The summed E-state index contributed by atoms with van der Waals surface area (Å²) in [6.45, 7) is 0.808. The summed E-state index contributed by atoms with van der Waals surface area (Å²) in [6, 6.07) is 6.94. The normalized spacial score (nSPS) is 16.6. The smallest absolute Gasteiger partial charge is 0.124 e. The summed E-state index contributed by atoms with van der Waals surface area (Å²) in [5.74, 6) is -0.215. The third kappa shape index (κ3) is 2.64. The van der Waals surface area contributed by atoms with Gasteiger partial charge in [0.15, 0.2) is 0 Å². The first-order chi connectivity index (χ1) is 7.65. The molecule has 0 aliphatic heterocycles. The van der Waals surface area contributed by atoms with Crippen molar-refractivity contribution in [3.63, 3.8) is 0 Å². The molecular formula is C12H12FIN2. The Morgan fingerprint density at radius 3 is 2.81 bits per heavy atom. The lowest BCUT2D eigenvalue weighted by Gasteiger charge is -2.14. The Bertz CT molecular complexity index is 435. The summed E-state index contributed by atoms with van der Waals surface area (Å²) in [5, 5.41) is 12.0. The Balaban J connectivity index is 1.98. The van der Waals surface area contributed by atoms with Gasteiger partial charge in [-0.2, -0.15) is 5.26 Å². The summed E-state index contributed by atoms with van der Waals surface area (Å²) < 4.78 is 13.8. The second-order valence-electron chi connectivity index (χ2n) is 4.31. The van der Waals surface area contributed by atoms with Gasteiger partial charge in [-0.3, -0.25) is 0 Å². The standard InChI is InChI=1S/C12H12FIN2/c13-9-1-2-11(10(14)7-9)16-8-12(3-4-12)5-6-15/h1-2,7,16H,3-5,8H2. The maximum Gasteiger partial charge on any atom is 0.124 e. The Morgan fingerprint density at radius 2 is 2.25 bits per heavy atom. The lowest BCUT2D eigenvalue weighted by molar-refractivity contribution is 0.557. The van der Waals surface area contributed by atoms with Crippen LogP contribution in [0.1, 0.15) is 19.3 Å². The minimum Gasteiger partial charge on any atom is -0.384 e. The highest BCUT2D eigenvalue weighted by Crippen LogP contribution is 2.48. The largest absolute Gasteiger partial charge is 0.384 e. The van der Waals surface area contributed by atoms with E-state index in [2.05, 4.69) is 34.0 Å². The van der Waals surface area contributed by atoms with Crippen molar-refractivity contribution in [2.45, 2.75) is 19.3 Å². The Kier molecular flexibility index (Phi) is 3.33. The van der Waals surface area contributed by atoms with Crippen LogP contribution in [0.3, 0.4) is 0 Å². The van der Waals surface area contributed by atoms with E-state index in [1.54, 1.807) is 6.07 Å². The molecule has 0 unspecified atom stereocenters. The van der Waals surface area contributed by atoms with Crippen LogP contribution in [0.4, 0.5) is 10.1 Å². The van der Waals surface area contributed by atoms with E-state index < -0.39 is 0 Å². The van der Waals surface area contributed by atoms with Crippen molar-refractivity contribution >= 4 is 28.3 Å². The second kappa shape index (κ2) is 4.58. The van der Waals surface area contributed by atoms with Gasteiger partial charge in [0.1, 0.15) is 5.82 Å². The molecule has 2 rings (SSSR count). The zero-order chi connectivity index (χ0) is 11.6. The monoisotopic (exact) mass is 330 g/mol. The zero-order valence-electron chi connectivity index (χ0n) is 8.76. The van der Waals surface area contributed by atoms with Gasteiger partial charge in [-0.05, 0) is 53.6 Å². The number of nitriles is 1. The average molecular weight is 330 g/mol. The van der Waals surface area contributed by atoms with Gasteiger partial charge in [0, 0.05) is 27.6 Å². The lowest BCUT2D eigenvalue weighted by Crippen LogP contribution is -2.15. The lowest BCUT2D eigenvalue weighted by atomic mass is 10.0. The van der Waals surface area contributed by atoms with Crippen LogP contribution in [0.15, 0.2) is 18.2 Å². The third-order valence-electron chi connectivity index (χ3n) is 3.00. The molecule has 4 heteroatoms. The summed E-state index contributed by atoms with van der Waals surface area (Å²) in [5.41, 5.74) is 1.12. The fourth-order valence-corrected chi connectivity index (χ4v) is 2.34. The summed E-state index contributed by atoms with van der Waals surface area (Å²) in [6.07, 6.45) is 2.84. The van der Waals surface area contributed by atoms with Gasteiger partial charge < -0.3 is 5.32 Å². The van der Waals surface area contributed by atoms with Crippen molar-refractivity contribution in [3.05, 3.63) is 27.6 Å². The van der Waals surface area contributed by atoms with Gasteiger partial charge in [-0.1, -0.05) is 0 Å². The van der Waals surface area contributed by atoms with Gasteiger partial charge >= 0.3 is 0 Å². The molecule has 0 saturated heterocycles. The van der Waals surface area contributed by atoms with E-state index in [1.807, 2.05) is 0 Å². The molecule has 1 saturated carbocycles. The highest BCUT2D eigenvalue weighted by Gasteiger charge is 2.42. The van der Waals surface area contributed by atoms with Crippen LogP contribution in [-0.2, 0) is 0 Å². The zero-order valence-corrected chi connectivity index (χ0v) is 10.9. The number of rotatable bonds is 4. The second-order valence-corrected chi connectivity index (χ2v) is 5.47. The van der Waals surface area contributed by atoms with Gasteiger partial charge in [0.05, 0.1) is 6.07 Å². The SMILES string of the molecule is N#CCC1(CNc2ccc(F)cc2I)CC1. The molecule has 16 heavy (non-hydrogen) atoms. The Morgan fingerprint density at radius 1 is 1.50 bits per heavy atom. The molecule has 2 nitrogen and oxygen atoms in total. The minimum absolute atomic E-state index is 0.173. The number of hydrogen-bond acceptors (Lipinski definition) is 2. The predicted molar refractivity (Wildman–Crippen MR) is 69.5 cm³/mol. The quantitative estimate of drug-likeness (QED) is 0.858. The number of hydrogen-bond donors (Lipinski definition) is 1. The van der Waals surface area contributed by atoms with Gasteiger partial charge in [0.25, 0.3) is 0 Å². The highest BCUT2D eigenvalue weighted by molar-refractivity contribution is 14.1. The van der Waals surface area contributed by atoms with Crippen molar-refractivity contribution in [1.29, 1.82) is 5.26 Å². The molecule has 0 amide bonds. The van der Waals surface area contributed by atoms with Crippen LogP contribution < -0.4 is 5.32 Å². The summed E-state index contributed by atoms with van der Waals surface area (Å²) >= 11 is 2.11. The van der Waals surface area contributed by atoms with E-state index in [1.165, 1.54) is 12.1 Å². The first-order valence-electron chi connectivity index (χ1n) is 5.21. The molecular weight excluding hydrogens is 318 g/mol. The maximum atomic E-state index is 12.9. The number of anilines is 1. The highest BCUT2D eigenvalue weighted by atomic mass is 127. The average Bonchev–Trinajstić information content (AvgIpc) is 2.98. The number of nitrogens with one attached hydrogen (secondary N) is 1. The molecule has 1 N–H and O–H groups in total. The third-order valence-corrected chi connectivity index (χ3v) is 3.89. The van der Waals surface area contributed by atoms with E-state index in [0.717, 1.165) is 28.6 Å². The molecule has 0 heterocycles. The van der Waals surface area contributed by atoms with E-state index in [-0.39, 0.29) is 11.2 Å². The maximum absolute atomic E-state index is 12.9. The van der Waals surface area contributed by atoms with Crippen molar-refractivity contribution in [2.75, 3.05) is 11.9 Å². The van der Waals surface area contributed by atoms with Crippen molar-refractivity contribution in [3.8, 4) is 6.07 Å². The van der Waals surface area contributed by atoms with E-state index in [9.17, 15) is 4.39 Å². The first kappa shape index (κ1) is 11.6. The van der Waals surface area contributed by atoms with E-state index in [0.29, 0.717) is 6.42 Å². The molecule has 0 aromatic heterocycles. The minimum atomic E-state index is -0.215. The van der Waals surface area contributed by atoms with Crippen LogP contribution in [-0.4, -0.2) is 6.54 Å². The molecule has 1 fully saturated rings. The fourth-order valence-electron chi connectivity index (χ4n) is 1.68.